The molecule has 0 bridgehead atoms. The molecule has 0 aliphatic heterocycles. The van der Waals surface area contributed by atoms with Gasteiger partial charge in [-0.1, -0.05) is 160 Å². The first-order valence-corrected chi connectivity index (χ1v) is 23.3. The van der Waals surface area contributed by atoms with Gasteiger partial charge in [0.1, 0.15) is 6.61 Å². The molecule has 336 valence electrons. The van der Waals surface area contributed by atoms with Gasteiger partial charge in [0.05, 0.1) is 19.3 Å². The van der Waals surface area contributed by atoms with Crippen LogP contribution in [0.25, 0.3) is 0 Å². The number of carbonyl (C=O) groups is 2. The molecule has 0 aliphatic carbocycles. The van der Waals surface area contributed by atoms with Gasteiger partial charge in [-0.05, 0) is 83.5 Å². The molecule has 4 N–H and O–H groups in total. The van der Waals surface area contributed by atoms with Gasteiger partial charge in [0.15, 0.2) is 6.10 Å². The van der Waals surface area contributed by atoms with E-state index in [-0.39, 0.29) is 32.6 Å². The molecule has 0 amide bonds. The van der Waals surface area contributed by atoms with E-state index in [0.717, 1.165) is 51.4 Å². The van der Waals surface area contributed by atoms with E-state index < -0.39 is 38.6 Å². The zero-order valence-electron chi connectivity index (χ0n) is 36.5. The maximum atomic E-state index is 12.6. The van der Waals surface area contributed by atoms with Crippen molar-refractivity contribution < 1.29 is 42.7 Å². The number of rotatable bonds is 38. The van der Waals surface area contributed by atoms with E-state index in [1.54, 1.807) is 18.2 Å². The number of aliphatic hydroxyl groups excluding tert-OH is 1. The molecular weight excluding hydrogens is 778 g/mol. The van der Waals surface area contributed by atoms with Crippen molar-refractivity contribution in [2.24, 2.45) is 5.73 Å². The Labute approximate surface area is 362 Å². The third-order valence-electron chi connectivity index (χ3n) is 8.13. The number of aliphatic hydroxyl groups is 1. The Bertz CT molecular complexity index is 1450. The molecule has 0 fully saturated rings. The average Bonchev–Trinajstić information content (AvgIpc) is 3.23. The van der Waals surface area contributed by atoms with Crippen LogP contribution in [0.5, 0.6) is 0 Å². The molecule has 0 aromatic heterocycles. The first kappa shape index (κ1) is 56.1. The predicted octanol–water partition coefficient (Wildman–Crippen LogP) is 11.7. The van der Waals surface area contributed by atoms with E-state index in [2.05, 4.69) is 98.9 Å². The largest absolute Gasteiger partial charge is 0.472 e. The molecule has 0 aromatic rings. The van der Waals surface area contributed by atoms with E-state index in [0.29, 0.717) is 19.3 Å². The van der Waals surface area contributed by atoms with Crippen molar-refractivity contribution >= 4 is 19.8 Å². The number of nitrogens with two attached hydrogens (primary N) is 1. The monoisotopic (exact) mass is 854 g/mol. The highest BCUT2D eigenvalue weighted by Crippen LogP contribution is 2.43. The van der Waals surface area contributed by atoms with Crippen molar-refractivity contribution in [1.29, 1.82) is 0 Å². The smallest absolute Gasteiger partial charge is 0.462 e. The van der Waals surface area contributed by atoms with Crippen molar-refractivity contribution in [3.63, 3.8) is 0 Å². The van der Waals surface area contributed by atoms with Crippen LogP contribution in [0, 0.1) is 0 Å². The first-order chi connectivity index (χ1) is 29.2. The number of hydrogen-bond donors (Lipinski definition) is 3. The molecule has 0 heterocycles. The summed E-state index contributed by atoms with van der Waals surface area (Å²) in [6.45, 7) is 3.26. The van der Waals surface area contributed by atoms with Gasteiger partial charge in [-0.25, -0.2) is 4.57 Å². The van der Waals surface area contributed by atoms with Crippen molar-refractivity contribution in [1.82, 2.24) is 0 Å². The number of carbonyl (C=O) groups excluding carboxylic acids is 2. The van der Waals surface area contributed by atoms with E-state index in [1.165, 1.54) is 25.7 Å². The van der Waals surface area contributed by atoms with Gasteiger partial charge in [-0.3, -0.25) is 18.6 Å². The van der Waals surface area contributed by atoms with Crippen LogP contribution in [0.2, 0.25) is 0 Å². The Hall–Kier alpha value is -3.89. The molecule has 3 atom stereocenters. The number of unbranched alkanes of at least 4 members (excludes halogenated alkanes) is 3. The van der Waals surface area contributed by atoms with Crippen molar-refractivity contribution in [3.8, 4) is 0 Å². The topological polar surface area (TPSA) is 155 Å². The highest BCUT2D eigenvalue weighted by molar-refractivity contribution is 7.47. The number of hydrogen-bond acceptors (Lipinski definition) is 9. The molecule has 2 unspecified atom stereocenters. The van der Waals surface area contributed by atoms with Crippen LogP contribution in [-0.4, -0.2) is 60.5 Å². The third kappa shape index (κ3) is 42.2. The van der Waals surface area contributed by atoms with Gasteiger partial charge in [-0.15, -0.1) is 0 Å². The number of phosphoric ester groups is 1. The van der Waals surface area contributed by atoms with Gasteiger partial charge >= 0.3 is 19.8 Å². The Morgan fingerprint density at radius 1 is 0.600 bits per heavy atom. The second-order valence-electron chi connectivity index (χ2n) is 13.7. The molecule has 0 radical (unpaired) electrons. The lowest BCUT2D eigenvalue weighted by Gasteiger charge is -2.19. The van der Waals surface area contributed by atoms with Crippen molar-refractivity contribution in [2.75, 3.05) is 26.4 Å². The third-order valence-corrected chi connectivity index (χ3v) is 9.11. The standard InChI is InChI=1S/C49H76NO9P/c1-3-5-7-9-11-13-15-17-18-19-20-21-22-24-26-28-30-32-36-41-49(53)59-47(45-58-60(54,55)57-43-42-50)44-56-48(52)40-37-33-35-39-46(51)38-34-31-29-27-25-23-16-14-12-10-8-6-4-2/h6,8,11-14,17-18,20-21,23-26,29-35,38,46-47,51H,3-5,7,9-10,15-16,19,22,27-28,36-37,39-45,50H2,1-2H3,(H,54,55)/b8-6-,13-11-,14-12-,18-17-,21-20-,25-23-,26-24-,31-29-,32-30-,35-33-,38-34-/t46?,47-/m1/s1. The van der Waals surface area contributed by atoms with Gasteiger partial charge in [0, 0.05) is 19.4 Å². The highest BCUT2D eigenvalue weighted by atomic mass is 31.2. The van der Waals surface area contributed by atoms with Gasteiger partial charge < -0.3 is 25.2 Å². The fraction of sp³-hybridized carbons (Fsp3) is 0.510. The van der Waals surface area contributed by atoms with Crippen LogP contribution in [0.15, 0.2) is 134 Å². The van der Waals surface area contributed by atoms with Gasteiger partial charge in [0.25, 0.3) is 0 Å². The van der Waals surface area contributed by atoms with Crippen LogP contribution < -0.4 is 5.73 Å². The SMILES string of the molecule is CC/C=C\C/C=C\C/C=C\C/C=C\C=C/C(O)C/C=C\CCC(=O)OC[C@H](COP(=O)(O)OCCN)OC(=O)CC/C=C\C/C=C\C/C=C\C/C=C\C/C=C\CCCCC. The molecule has 0 aromatic carbocycles. The van der Waals surface area contributed by atoms with Crippen LogP contribution in [0.4, 0.5) is 0 Å². The summed E-state index contributed by atoms with van der Waals surface area (Å²) in [4.78, 5) is 34.8. The second-order valence-corrected chi connectivity index (χ2v) is 15.1. The van der Waals surface area contributed by atoms with Crippen LogP contribution >= 0.6 is 7.82 Å². The molecule has 0 saturated carbocycles. The maximum Gasteiger partial charge on any atom is 0.472 e. The van der Waals surface area contributed by atoms with Crippen LogP contribution in [0.1, 0.15) is 123 Å². The highest BCUT2D eigenvalue weighted by Gasteiger charge is 2.25. The lowest BCUT2D eigenvalue weighted by molar-refractivity contribution is -0.161. The minimum absolute atomic E-state index is 0.00993. The molecule has 0 spiro atoms. The Morgan fingerprint density at radius 2 is 1.10 bits per heavy atom. The minimum atomic E-state index is -4.45. The summed E-state index contributed by atoms with van der Waals surface area (Å²) in [7, 11) is -4.45. The molecule has 11 heteroatoms. The lowest BCUT2D eigenvalue weighted by Crippen LogP contribution is -2.29. The van der Waals surface area contributed by atoms with E-state index in [9.17, 15) is 24.2 Å². The van der Waals surface area contributed by atoms with Crippen molar-refractivity contribution in [3.05, 3.63) is 134 Å². The van der Waals surface area contributed by atoms with Gasteiger partial charge in [-0.2, -0.15) is 0 Å². The summed E-state index contributed by atoms with van der Waals surface area (Å²) < 4.78 is 32.5. The molecule has 0 aliphatic rings. The number of allylic oxidation sites excluding steroid dienone is 20. The number of phosphoric acid groups is 1. The predicted molar refractivity (Wildman–Crippen MR) is 248 cm³/mol. The zero-order valence-corrected chi connectivity index (χ0v) is 37.4. The van der Waals surface area contributed by atoms with Crippen LogP contribution in [-0.2, 0) is 32.7 Å². The molecule has 10 nitrogen and oxygen atoms in total. The number of ether oxygens (including phenoxy) is 2. The Morgan fingerprint density at radius 3 is 1.65 bits per heavy atom. The fourth-order valence-electron chi connectivity index (χ4n) is 4.90. The molecule has 0 saturated heterocycles. The lowest BCUT2D eigenvalue weighted by atomic mass is 10.2. The second kappa shape index (κ2) is 43.2. The summed E-state index contributed by atoms with van der Waals surface area (Å²) in [5.41, 5.74) is 5.33. The zero-order chi connectivity index (χ0) is 44.0. The molecule has 60 heavy (non-hydrogen) atoms. The quantitative estimate of drug-likeness (QED) is 0.0180. The van der Waals surface area contributed by atoms with Gasteiger partial charge in [0.2, 0.25) is 0 Å². The van der Waals surface area contributed by atoms with E-state index >= 15 is 0 Å². The van der Waals surface area contributed by atoms with Crippen LogP contribution in [0.3, 0.4) is 0 Å². The summed E-state index contributed by atoms with van der Waals surface area (Å²) >= 11 is 0. The minimum Gasteiger partial charge on any atom is -0.462 e. The average molecular weight is 854 g/mol. The first-order valence-electron chi connectivity index (χ1n) is 21.8. The van der Waals surface area contributed by atoms with E-state index in [4.69, 9.17) is 24.3 Å². The maximum absolute atomic E-state index is 12.6. The Balaban J connectivity index is 4.52. The molecule has 0 rings (SSSR count). The fourth-order valence-corrected chi connectivity index (χ4v) is 5.67. The summed E-state index contributed by atoms with van der Waals surface area (Å²) in [5, 5.41) is 10.2. The number of esters is 2. The van der Waals surface area contributed by atoms with Crippen molar-refractivity contribution in [2.45, 2.75) is 135 Å². The normalized spacial score (nSPS) is 15.1. The molecular formula is C49H76NO9P. The van der Waals surface area contributed by atoms with E-state index in [1.807, 2.05) is 30.4 Å². The summed E-state index contributed by atoms with van der Waals surface area (Å²) in [6, 6.07) is 0. The Kier molecular flexibility index (Phi) is 40.4. The summed E-state index contributed by atoms with van der Waals surface area (Å²) in [5.74, 6) is -1.12. The summed E-state index contributed by atoms with van der Waals surface area (Å²) in [6.07, 6.45) is 56.7.